The van der Waals surface area contributed by atoms with Crippen molar-refractivity contribution in [1.29, 1.82) is 0 Å². The first-order chi connectivity index (χ1) is 13.5. The van der Waals surface area contributed by atoms with Gasteiger partial charge >= 0.3 is 11.9 Å². The van der Waals surface area contributed by atoms with Gasteiger partial charge in [0.25, 0.3) is 0 Å². The quantitative estimate of drug-likeness (QED) is 0.747. The predicted molar refractivity (Wildman–Crippen MR) is 102 cm³/mol. The molecule has 0 radical (unpaired) electrons. The molecule has 2 fully saturated rings. The second-order valence-electron chi connectivity index (χ2n) is 7.40. The number of aromatic nitrogens is 4. The molecule has 0 aliphatic carbocycles. The number of urea groups is 1. The van der Waals surface area contributed by atoms with Crippen LogP contribution in [0.4, 0.5) is 4.79 Å². The van der Waals surface area contributed by atoms with Crippen LogP contribution in [0.2, 0.25) is 5.02 Å². The first kappa shape index (κ1) is 19.0. The Hall–Kier alpha value is -2.36. The minimum atomic E-state index is -0.258. The number of imide groups is 1. The molecule has 0 spiro atoms. The number of amides is 3. The molecule has 3 heterocycles. The molecule has 10 heteroatoms. The summed E-state index contributed by atoms with van der Waals surface area (Å²) >= 11 is 6.15. The highest BCUT2D eigenvalue weighted by Gasteiger charge is 2.55. The Bertz CT molecular complexity index is 884. The molecule has 1 aromatic carbocycles. The van der Waals surface area contributed by atoms with Crippen LogP contribution in [0.5, 0.6) is 0 Å². The standard InChI is InChI=1S/C18H22ClN7O2/c1-12-3-2-8-26(12,17(27)15-6-7-20-15)18(28)21-10-13-9-14(19)4-5-16(13)25-11-22-23-24-25/h4-5,9,11-12,15,20H,2-3,6-8,10H2,1H3/p+1/t12-,15?,26?/m1/s1. The summed E-state index contributed by atoms with van der Waals surface area (Å²) in [4.78, 5) is 26.4. The molecule has 1 aromatic heterocycles. The van der Waals surface area contributed by atoms with E-state index in [1.807, 2.05) is 6.92 Å². The summed E-state index contributed by atoms with van der Waals surface area (Å²) in [5.41, 5.74) is 1.50. The molecule has 3 amide bonds. The third-order valence-electron chi connectivity index (χ3n) is 5.83. The largest absolute Gasteiger partial charge is 0.424 e. The second-order valence-corrected chi connectivity index (χ2v) is 7.84. The lowest BCUT2D eigenvalue weighted by molar-refractivity contribution is -0.786. The number of likely N-dealkylation sites (tertiary alicyclic amines) is 1. The van der Waals surface area contributed by atoms with Crippen LogP contribution in [0.15, 0.2) is 24.5 Å². The molecule has 2 N–H and O–H groups in total. The van der Waals surface area contributed by atoms with Crippen molar-refractivity contribution in [3.05, 3.63) is 35.1 Å². The fourth-order valence-corrected chi connectivity index (χ4v) is 4.28. The van der Waals surface area contributed by atoms with Crippen LogP contribution >= 0.6 is 11.6 Å². The molecule has 148 valence electrons. The number of rotatable bonds is 4. The lowest BCUT2D eigenvalue weighted by Gasteiger charge is -2.38. The summed E-state index contributed by atoms with van der Waals surface area (Å²) in [6.07, 6.45) is 3.99. The zero-order chi connectivity index (χ0) is 19.7. The zero-order valence-electron chi connectivity index (χ0n) is 15.6. The van der Waals surface area contributed by atoms with Crippen LogP contribution in [0, 0.1) is 0 Å². The number of benzene rings is 1. The Labute approximate surface area is 167 Å². The van der Waals surface area contributed by atoms with E-state index in [9.17, 15) is 9.59 Å². The van der Waals surface area contributed by atoms with Gasteiger partial charge in [-0.15, -0.1) is 5.10 Å². The zero-order valence-corrected chi connectivity index (χ0v) is 16.4. The molecule has 0 bridgehead atoms. The molecule has 9 nitrogen and oxygen atoms in total. The fraction of sp³-hybridized carbons (Fsp3) is 0.500. The van der Waals surface area contributed by atoms with Gasteiger partial charge in [-0.1, -0.05) is 11.6 Å². The molecule has 2 aliphatic rings. The van der Waals surface area contributed by atoms with Crippen molar-refractivity contribution in [2.75, 3.05) is 13.1 Å². The van der Waals surface area contributed by atoms with Gasteiger partial charge < -0.3 is 10.6 Å². The van der Waals surface area contributed by atoms with E-state index in [4.69, 9.17) is 11.6 Å². The highest BCUT2D eigenvalue weighted by molar-refractivity contribution is 6.30. The number of hydrogen-bond acceptors (Lipinski definition) is 6. The van der Waals surface area contributed by atoms with E-state index in [-0.39, 0.29) is 35.0 Å². The van der Waals surface area contributed by atoms with E-state index in [0.29, 0.717) is 11.6 Å². The first-order valence-electron chi connectivity index (χ1n) is 9.48. The van der Waals surface area contributed by atoms with Crippen LogP contribution in [0.3, 0.4) is 0 Å². The van der Waals surface area contributed by atoms with Gasteiger partial charge in [-0.3, -0.25) is 0 Å². The lowest BCUT2D eigenvalue weighted by atomic mass is 10.0. The third kappa shape index (κ3) is 3.19. The van der Waals surface area contributed by atoms with Gasteiger partial charge in [0.2, 0.25) is 0 Å². The fourth-order valence-electron chi connectivity index (χ4n) is 4.09. The number of carbonyl (C=O) groups is 2. The van der Waals surface area contributed by atoms with Gasteiger partial charge in [0.05, 0.1) is 18.8 Å². The topological polar surface area (TPSA) is 102 Å². The number of carbonyl (C=O) groups excluding carboxylic acids is 2. The van der Waals surface area contributed by atoms with Crippen LogP contribution in [-0.4, -0.2) is 61.8 Å². The molecule has 2 saturated heterocycles. The highest BCUT2D eigenvalue weighted by atomic mass is 35.5. The second kappa shape index (κ2) is 7.57. The molecule has 28 heavy (non-hydrogen) atoms. The molecule has 2 aromatic rings. The molecular formula is C18H23ClN7O2+. The average Bonchev–Trinajstić information content (AvgIpc) is 3.28. The highest BCUT2D eigenvalue weighted by Crippen LogP contribution is 2.30. The van der Waals surface area contributed by atoms with Crippen molar-refractivity contribution in [3.8, 4) is 5.69 Å². The molecular weight excluding hydrogens is 382 g/mol. The van der Waals surface area contributed by atoms with Crippen molar-refractivity contribution in [2.24, 2.45) is 0 Å². The number of nitrogens with one attached hydrogen (secondary N) is 2. The van der Waals surface area contributed by atoms with Crippen molar-refractivity contribution in [2.45, 2.75) is 44.8 Å². The summed E-state index contributed by atoms with van der Waals surface area (Å²) in [6.45, 7) is 3.57. The van der Waals surface area contributed by atoms with Gasteiger partial charge in [-0.05, 0) is 54.1 Å². The summed E-state index contributed by atoms with van der Waals surface area (Å²) in [5.74, 6) is -0.0273. The van der Waals surface area contributed by atoms with E-state index in [0.717, 1.165) is 37.1 Å². The minimum absolute atomic E-state index is 0.0273. The SMILES string of the molecule is C[C@@H]1CCC[N+]1(C(=O)NCc1cc(Cl)ccc1-n1cnnn1)C(=O)C1CCN1. The Balaban J connectivity index is 1.56. The minimum Gasteiger partial charge on any atom is -0.302 e. The van der Waals surface area contributed by atoms with Crippen LogP contribution in [-0.2, 0) is 11.3 Å². The number of halogens is 1. The van der Waals surface area contributed by atoms with Crippen molar-refractivity contribution >= 4 is 23.5 Å². The third-order valence-corrected chi connectivity index (χ3v) is 6.07. The Morgan fingerprint density at radius 2 is 2.21 bits per heavy atom. The summed E-state index contributed by atoms with van der Waals surface area (Å²) in [6, 6.07) is 4.79. The van der Waals surface area contributed by atoms with Crippen molar-refractivity contribution in [1.82, 2.24) is 30.8 Å². The number of tetrazole rings is 1. The summed E-state index contributed by atoms with van der Waals surface area (Å²) in [5, 5.41) is 17.9. The molecule has 3 atom stereocenters. The van der Waals surface area contributed by atoms with Gasteiger partial charge in [0.1, 0.15) is 18.4 Å². The van der Waals surface area contributed by atoms with Gasteiger partial charge in [0, 0.05) is 17.9 Å². The Morgan fingerprint density at radius 3 is 2.82 bits per heavy atom. The smallest absolute Gasteiger partial charge is 0.302 e. The van der Waals surface area contributed by atoms with E-state index < -0.39 is 0 Å². The maximum Gasteiger partial charge on any atom is 0.424 e. The van der Waals surface area contributed by atoms with E-state index in [1.165, 1.54) is 11.0 Å². The maximum absolute atomic E-state index is 13.3. The molecule has 2 aliphatic heterocycles. The summed E-state index contributed by atoms with van der Waals surface area (Å²) in [7, 11) is 0. The number of quaternary nitrogens is 1. The van der Waals surface area contributed by atoms with Crippen molar-refractivity contribution < 1.29 is 14.1 Å². The van der Waals surface area contributed by atoms with Crippen LogP contribution in [0.1, 0.15) is 31.7 Å². The normalized spacial score (nSPS) is 26.6. The number of hydrogen-bond donors (Lipinski definition) is 2. The number of nitrogens with zero attached hydrogens (tertiary/aromatic N) is 5. The van der Waals surface area contributed by atoms with Gasteiger partial charge in [-0.2, -0.15) is 4.48 Å². The van der Waals surface area contributed by atoms with E-state index in [1.54, 1.807) is 18.2 Å². The molecule has 0 saturated carbocycles. The van der Waals surface area contributed by atoms with Crippen molar-refractivity contribution in [3.63, 3.8) is 0 Å². The first-order valence-corrected chi connectivity index (χ1v) is 9.86. The molecule has 2 unspecified atom stereocenters. The predicted octanol–water partition coefficient (Wildman–Crippen LogP) is 1.41. The Kier molecular flexibility index (Phi) is 5.13. The van der Waals surface area contributed by atoms with Crippen LogP contribution in [0.25, 0.3) is 5.69 Å². The van der Waals surface area contributed by atoms with Gasteiger partial charge in [-0.25, -0.2) is 14.3 Å². The Morgan fingerprint density at radius 1 is 1.39 bits per heavy atom. The average molecular weight is 405 g/mol. The summed E-state index contributed by atoms with van der Waals surface area (Å²) < 4.78 is 1.38. The monoisotopic (exact) mass is 404 g/mol. The maximum atomic E-state index is 13.3. The van der Waals surface area contributed by atoms with Crippen LogP contribution < -0.4 is 10.6 Å². The molecule has 4 rings (SSSR count). The van der Waals surface area contributed by atoms with Gasteiger partial charge in [0.15, 0.2) is 0 Å². The van der Waals surface area contributed by atoms with E-state index in [2.05, 4.69) is 26.2 Å². The van der Waals surface area contributed by atoms with E-state index >= 15 is 0 Å². The lowest BCUT2D eigenvalue weighted by Crippen LogP contribution is -2.69.